The van der Waals surface area contributed by atoms with Gasteiger partial charge in [0.25, 0.3) is 0 Å². The molecule has 1 aliphatic carbocycles. The van der Waals surface area contributed by atoms with E-state index in [1.165, 1.54) is 88.3 Å². The maximum Gasteiger partial charge on any atom is 0.123 e. The fourth-order valence-electron chi connectivity index (χ4n) is 7.71. The smallest absolute Gasteiger partial charge is 0.123 e. The van der Waals surface area contributed by atoms with Gasteiger partial charge in [0.1, 0.15) is 17.7 Å². The summed E-state index contributed by atoms with van der Waals surface area (Å²) in [4.78, 5) is 0. The Morgan fingerprint density at radius 3 is 2.26 bits per heavy atom. The molecular weight excluding hydrogens is 398 g/mol. The standard InChI is InChI=1S/C24H46NO.BrH/c1-6-8-10-12-16-25-18-20(3)21-14-15-22(24(21,25)5)23(4,19-25)26-17-13-11-9-7-2;/h20-22H,6-19H2,1-5H3;1H/q+1;/p-1/t20-,21+,22-,23-,24-,25+;/m1./s1. The van der Waals surface area contributed by atoms with Gasteiger partial charge in [-0.3, -0.25) is 0 Å². The molecule has 0 amide bonds. The highest BCUT2D eigenvalue weighted by Gasteiger charge is 2.76. The molecule has 27 heavy (non-hydrogen) atoms. The Hall–Kier alpha value is 0.400. The summed E-state index contributed by atoms with van der Waals surface area (Å²) in [6, 6.07) is 0. The van der Waals surface area contributed by atoms with Gasteiger partial charge < -0.3 is 26.2 Å². The highest BCUT2D eigenvalue weighted by molar-refractivity contribution is 5.14. The van der Waals surface area contributed by atoms with Crippen LogP contribution in [-0.2, 0) is 4.74 Å². The minimum atomic E-state index is 0. The Kier molecular flexibility index (Phi) is 8.31. The van der Waals surface area contributed by atoms with Crippen LogP contribution in [0.1, 0.15) is 98.8 Å². The highest BCUT2D eigenvalue weighted by Crippen LogP contribution is 2.65. The first-order valence-electron chi connectivity index (χ1n) is 11.9. The van der Waals surface area contributed by atoms with Crippen LogP contribution >= 0.6 is 0 Å². The number of rotatable bonds is 11. The van der Waals surface area contributed by atoms with Gasteiger partial charge in [-0.15, -0.1) is 0 Å². The van der Waals surface area contributed by atoms with Crippen LogP contribution in [0.25, 0.3) is 0 Å². The average molecular weight is 445 g/mol. The van der Waals surface area contributed by atoms with E-state index in [1.54, 1.807) is 0 Å². The van der Waals surface area contributed by atoms with Crippen molar-refractivity contribution in [3.05, 3.63) is 0 Å². The summed E-state index contributed by atoms with van der Waals surface area (Å²) >= 11 is 0. The zero-order chi connectivity index (χ0) is 18.8. The summed E-state index contributed by atoms with van der Waals surface area (Å²) in [6.07, 6.45) is 13.7. The van der Waals surface area contributed by atoms with Gasteiger partial charge >= 0.3 is 0 Å². The third-order valence-electron chi connectivity index (χ3n) is 8.79. The van der Waals surface area contributed by atoms with Gasteiger partial charge in [0.15, 0.2) is 0 Å². The van der Waals surface area contributed by atoms with Crippen molar-refractivity contribution >= 4 is 0 Å². The molecule has 0 N–H and O–H groups in total. The van der Waals surface area contributed by atoms with Crippen LogP contribution in [0, 0.1) is 17.8 Å². The van der Waals surface area contributed by atoms with Gasteiger partial charge in [0.05, 0.1) is 13.1 Å². The van der Waals surface area contributed by atoms with Crippen LogP contribution < -0.4 is 17.0 Å². The normalized spacial score (nSPS) is 42.3. The van der Waals surface area contributed by atoms with Crippen LogP contribution in [0.5, 0.6) is 0 Å². The molecule has 3 rings (SSSR count). The van der Waals surface area contributed by atoms with Crippen molar-refractivity contribution < 1.29 is 26.2 Å². The maximum absolute atomic E-state index is 6.74. The van der Waals surface area contributed by atoms with Crippen molar-refractivity contribution in [2.45, 2.75) is 110 Å². The molecule has 3 heteroatoms. The van der Waals surface area contributed by atoms with E-state index in [0.29, 0.717) is 5.54 Å². The number of unbranched alkanes of at least 4 members (excludes halogenated alkanes) is 6. The maximum atomic E-state index is 6.74. The lowest BCUT2D eigenvalue weighted by molar-refractivity contribution is -0.955. The molecule has 160 valence electrons. The molecule has 2 nitrogen and oxygen atoms in total. The average Bonchev–Trinajstić information content (AvgIpc) is 3.13. The summed E-state index contributed by atoms with van der Waals surface area (Å²) in [5.41, 5.74) is 0.615. The summed E-state index contributed by atoms with van der Waals surface area (Å²) in [7, 11) is 0. The summed E-state index contributed by atoms with van der Waals surface area (Å²) in [6.45, 7) is 17.4. The Bertz CT molecular complexity index is 471. The Morgan fingerprint density at radius 2 is 1.59 bits per heavy atom. The van der Waals surface area contributed by atoms with Gasteiger partial charge in [-0.2, -0.15) is 0 Å². The molecule has 0 bridgehead atoms. The SMILES string of the molecule is CCCCCCO[C@]1(C)C[N@+]2(CCCCCC)C[C@@H](C)[C@@H]3CC[C@H]1[C@@]32C.[Br-]. The van der Waals surface area contributed by atoms with E-state index in [1.807, 2.05) is 0 Å². The summed E-state index contributed by atoms with van der Waals surface area (Å²) in [5, 5.41) is 0. The first kappa shape index (κ1) is 23.7. The van der Waals surface area contributed by atoms with E-state index in [9.17, 15) is 0 Å². The Balaban J connectivity index is 0.00000261. The van der Waals surface area contributed by atoms with Crippen molar-refractivity contribution in [3.63, 3.8) is 0 Å². The highest BCUT2D eigenvalue weighted by atomic mass is 79.9. The predicted octanol–water partition coefficient (Wildman–Crippen LogP) is 3.19. The minimum Gasteiger partial charge on any atom is -1.00 e. The molecule has 2 heterocycles. The zero-order valence-electron chi connectivity index (χ0n) is 18.9. The number of nitrogens with zero attached hydrogens (tertiary/aromatic N) is 1. The van der Waals surface area contributed by atoms with E-state index in [-0.39, 0.29) is 22.6 Å². The van der Waals surface area contributed by atoms with Crippen molar-refractivity contribution in [2.75, 3.05) is 26.2 Å². The lowest BCUT2D eigenvalue weighted by Crippen LogP contribution is -3.00. The molecule has 3 fully saturated rings. The number of hydrogen-bond acceptors (Lipinski definition) is 1. The second-order valence-electron chi connectivity index (χ2n) is 10.4. The predicted molar refractivity (Wildman–Crippen MR) is 111 cm³/mol. The number of ether oxygens (including phenoxy) is 1. The monoisotopic (exact) mass is 443 g/mol. The van der Waals surface area contributed by atoms with Gasteiger partial charge in [-0.1, -0.05) is 52.9 Å². The van der Waals surface area contributed by atoms with Gasteiger partial charge in [-0.05, 0) is 46.0 Å². The summed E-state index contributed by atoms with van der Waals surface area (Å²) < 4.78 is 8.13. The first-order valence-corrected chi connectivity index (χ1v) is 11.9. The van der Waals surface area contributed by atoms with Crippen LogP contribution in [0.15, 0.2) is 0 Å². The number of halogens is 1. The fraction of sp³-hybridized carbons (Fsp3) is 1.00. The second-order valence-corrected chi connectivity index (χ2v) is 10.4. The molecule has 0 spiro atoms. The molecule has 0 aromatic heterocycles. The Labute approximate surface area is 180 Å². The van der Waals surface area contributed by atoms with Crippen molar-refractivity contribution in [1.29, 1.82) is 0 Å². The van der Waals surface area contributed by atoms with Crippen LogP contribution in [0.4, 0.5) is 0 Å². The molecule has 3 aliphatic rings. The fourth-order valence-corrected chi connectivity index (χ4v) is 7.71. The topological polar surface area (TPSA) is 9.23 Å². The van der Waals surface area contributed by atoms with E-state index in [0.717, 1.165) is 24.4 Å². The molecule has 0 radical (unpaired) electrons. The number of hydrogen-bond donors (Lipinski definition) is 0. The molecule has 0 unspecified atom stereocenters. The van der Waals surface area contributed by atoms with E-state index < -0.39 is 0 Å². The molecule has 6 atom stereocenters. The van der Waals surface area contributed by atoms with Crippen molar-refractivity contribution in [2.24, 2.45) is 17.8 Å². The van der Waals surface area contributed by atoms with E-state index >= 15 is 0 Å². The number of quaternary nitrogens is 1. The molecule has 0 aromatic rings. The lowest BCUT2D eigenvalue weighted by atomic mass is 9.76. The molecule has 2 aliphatic heterocycles. The van der Waals surface area contributed by atoms with Crippen molar-refractivity contribution in [1.82, 2.24) is 0 Å². The Morgan fingerprint density at radius 1 is 0.926 bits per heavy atom. The van der Waals surface area contributed by atoms with Gasteiger partial charge in [0.2, 0.25) is 0 Å². The molecule has 0 aromatic carbocycles. The summed E-state index contributed by atoms with van der Waals surface area (Å²) in [5.74, 6) is 2.62. The molecular formula is C24H46BrNO. The van der Waals surface area contributed by atoms with Crippen LogP contribution in [0.2, 0.25) is 0 Å². The van der Waals surface area contributed by atoms with Crippen LogP contribution in [0.3, 0.4) is 0 Å². The largest absolute Gasteiger partial charge is 1.00 e. The van der Waals surface area contributed by atoms with Gasteiger partial charge in [0, 0.05) is 24.4 Å². The molecule has 1 saturated carbocycles. The third-order valence-corrected chi connectivity index (χ3v) is 8.79. The zero-order valence-corrected chi connectivity index (χ0v) is 20.5. The van der Waals surface area contributed by atoms with Gasteiger partial charge in [-0.25, -0.2) is 0 Å². The minimum absolute atomic E-state index is 0. The van der Waals surface area contributed by atoms with E-state index in [4.69, 9.17) is 4.74 Å². The molecule has 2 saturated heterocycles. The second kappa shape index (κ2) is 9.47. The van der Waals surface area contributed by atoms with Crippen molar-refractivity contribution in [3.8, 4) is 0 Å². The first-order chi connectivity index (χ1) is 12.4. The van der Waals surface area contributed by atoms with E-state index in [2.05, 4.69) is 34.6 Å². The third kappa shape index (κ3) is 4.04. The van der Waals surface area contributed by atoms with Crippen LogP contribution in [-0.4, -0.2) is 41.9 Å². The lowest BCUT2D eigenvalue weighted by Gasteiger charge is -2.43. The quantitative estimate of drug-likeness (QED) is 0.351.